The number of piperidine rings is 1. The molecule has 4 rings (SSSR count). The SMILES string of the molecule is Cc1cc2c(N3CCC(CN(C)C(=O)c4cc(C)n(C)n4)CC3)nccn2n1. The normalized spacial score (nSPS) is 15.4. The Bertz CT molecular complexity index is 978. The van der Waals surface area contributed by atoms with E-state index < -0.39 is 0 Å². The van der Waals surface area contributed by atoms with E-state index in [0.717, 1.165) is 55.2 Å². The van der Waals surface area contributed by atoms with Crippen LogP contribution in [0.4, 0.5) is 5.82 Å². The molecule has 8 heteroatoms. The summed E-state index contributed by atoms with van der Waals surface area (Å²) in [7, 11) is 3.73. The van der Waals surface area contributed by atoms with Gasteiger partial charge in [-0.2, -0.15) is 10.2 Å². The number of rotatable bonds is 4. The summed E-state index contributed by atoms with van der Waals surface area (Å²) in [6.45, 7) is 6.58. The highest BCUT2D eigenvalue weighted by Gasteiger charge is 2.25. The Balaban J connectivity index is 1.38. The molecule has 0 aliphatic carbocycles. The van der Waals surface area contributed by atoms with Gasteiger partial charge in [-0.1, -0.05) is 0 Å². The highest BCUT2D eigenvalue weighted by atomic mass is 16.2. The zero-order valence-corrected chi connectivity index (χ0v) is 17.0. The molecule has 8 nitrogen and oxygen atoms in total. The number of carbonyl (C=O) groups is 1. The highest BCUT2D eigenvalue weighted by molar-refractivity contribution is 5.92. The Kier molecular flexibility index (Phi) is 4.78. The molecule has 3 aromatic rings. The third-order valence-corrected chi connectivity index (χ3v) is 5.62. The van der Waals surface area contributed by atoms with E-state index in [9.17, 15) is 4.79 Å². The average Bonchev–Trinajstić information content (AvgIpc) is 3.22. The summed E-state index contributed by atoms with van der Waals surface area (Å²) in [5.41, 5.74) is 3.55. The van der Waals surface area contributed by atoms with Crippen molar-refractivity contribution in [3.05, 3.63) is 41.6 Å². The lowest BCUT2D eigenvalue weighted by molar-refractivity contribution is 0.0758. The van der Waals surface area contributed by atoms with E-state index >= 15 is 0 Å². The van der Waals surface area contributed by atoms with Crippen molar-refractivity contribution in [2.75, 3.05) is 31.6 Å². The molecule has 1 amide bonds. The molecule has 0 bridgehead atoms. The summed E-state index contributed by atoms with van der Waals surface area (Å²) in [5.74, 6) is 1.48. The minimum atomic E-state index is -0.00713. The van der Waals surface area contributed by atoms with E-state index in [1.165, 1.54) is 0 Å². The van der Waals surface area contributed by atoms with Gasteiger partial charge in [0.1, 0.15) is 5.52 Å². The Hall–Kier alpha value is -2.90. The van der Waals surface area contributed by atoms with Crippen molar-refractivity contribution < 1.29 is 4.79 Å². The summed E-state index contributed by atoms with van der Waals surface area (Å²) in [6.07, 6.45) is 5.77. The van der Waals surface area contributed by atoms with Gasteiger partial charge < -0.3 is 9.80 Å². The Morgan fingerprint density at radius 3 is 2.64 bits per heavy atom. The van der Waals surface area contributed by atoms with Gasteiger partial charge in [-0.25, -0.2) is 9.50 Å². The number of hydrogen-bond acceptors (Lipinski definition) is 5. The summed E-state index contributed by atoms with van der Waals surface area (Å²) < 4.78 is 3.64. The molecule has 0 radical (unpaired) electrons. The summed E-state index contributed by atoms with van der Waals surface area (Å²) >= 11 is 0. The zero-order chi connectivity index (χ0) is 19.8. The standard InChI is InChI=1S/C20H27N7O/c1-14-11-18-19(21-7-10-27(18)22-14)26-8-5-16(6-9-26)13-24(3)20(28)17-12-15(2)25(4)23-17/h7,10-12,16H,5-6,8-9,13H2,1-4H3. The van der Waals surface area contributed by atoms with Crippen LogP contribution in [0.1, 0.15) is 34.7 Å². The summed E-state index contributed by atoms with van der Waals surface area (Å²) in [5, 5.41) is 8.78. The number of anilines is 1. The van der Waals surface area contributed by atoms with E-state index in [0.29, 0.717) is 11.6 Å². The molecule has 1 aliphatic rings. The molecule has 3 aromatic heterocycles. The van der Waals surface area contributed by atoms with E-state index in [2.05, 4.69) is 26.1 Å². The number of carbonyl (C=O) groups excluding carboxylic acids is 1. The number of fused-ring (bicyclic) bond motifs is 1. The quantitative estimate of drug-likeness (QED) is 0.692. The van der Waals surface area contributed by atoms with Crippen molar-refractivity contribution in [1.82, 2.24) is 29.3 Å². The topological polar surface area (TPSA) is 71.6 Å². The fourth-order valence-electron chi connectivity index (χ4n) is 3.93. The summed E-state index contributed by atoms with van der Waals surface area (Å²) in [4.78, 5) is 21.4. The molecule has 0 unspecified atom stereocenters. The van der Waals surface area contributed by atoms with Crippen molar-refractivity contribution in [1.29, 1.82) is 0 Å². The molecule has 0 spiro atoms. The smallest absolute Gasteiger partial charge is 0.274 e. The maximum atomic E-state index is 12.6. The Morgan fingerprint density at radius 2 is 1.96 bits per heavy atom. The second kappa shape index (κ2) is 7.26. The molecular formula is C20H27N7O. The van der Waals surface area contributed by atoms with Gasteiger partial charge in [0, 0.05) is 51.8 Å². The monoisotopic (exact) mass is 381 g/mol. The molecule has 148 valence electrons. The van der Waals surface area contributed by atoms with Crippen LogP contribution in [0, 0.1) is 19.8 Å². The minimum Gasteiger partial charge on any atom is -0.355 e. The fourth-order valence-corrected chi connectivity index (χ4v) is 3.93. The maximum Gasteiger partial charge on any atom is 0.274 e. The zero-order valence-electron chi connectivity index (χ0n) is 17.0. The van der Waals surface area contributed by atoms with Gasteiger partial charge in [-0.05, 0) is 44.7 Å². The maximum absolute atomic E-state index is 12.6. The molecule has 0 aromatic carbocycles. The van der Waals surface area contributed by atoms with Crippen molar-refractivity contribution in [3.63, 3.8) is 0 Å². The first-order valence-corrected chi connectivity index (χ1v) is 9.74. The Labute approximate surface area is 164 Å². The number of aromatic nitrogens is 5. The van der Waals surface area contributed by atoms with E-state index in [1.54, 1.807) is 9.58 Å². The van der Waals surface area contributed by atoms with Crippen LogP contribution in [-0.4, -0.2) is 61.9 Å². The van der Waals surface area contributed by atoms with Crippen LogP contribution in [0.2, 0.25) is 0 Å². The van der Waals surface area contributed by atoms with Crippen LogP contribution >= 0.6 is 0 Å². The predicted molar refractivity (Wildman–Crippen MR) is 108 cm³/mol. The first-order valence-electron chi connectivity index (χ1n) is 9.74. The van der Waals surface area contributed by atoms with Crippen LogP contribution in [0.15, 0.2) is 24.5 Å². The Morgan fingerprint density at radius 1 is 1.21 bits per heavy atom. The van der Waals surface area contributed by atoms with Crippen LogP contribution in [-0.2, 0) is 7.05 Å². The van der Waals surface area contributed by atoms with Gasteiger partial charge >= 0.3 is 0 Å². The third kappa shape index (κ3) is 3.46. The molecule has 0 atom stereocenters. The predicted octanol–water partition coefficient (Wildman–Crippen LogP) is 2.07. The van der Waals surface area contributed by atoms with E-state index in [-0.39, 0.29) is 5.91 Å². The lowest BCUT2D eigenvalue weighted by atomic mass is 9.96. The lowest BCUT2D eigenvalue weighted by Crippen LogP contribution is -2.40. The molecular weight excluding hydrogens is 354 g/mol. The van der Waals surface area contributed by atoms with Crippen LogP contribution in [0.25, 0.3) is 5.52 Å². The molecule has 0 N–H and O–H groups in total. The van der Waals surface area contributed by atoms with Gasteiger partial charge in [0.2, 0.25) is 0 Å². The lowest BCUT2D eigenvalue weighted by Gasteiger charge is -2.34. The molecule has 1 aliphatic heterocycles. The van der Waals surface area contributed by atoms with Crippen LogP contribution < -0.4 is 4.90 Å². The highest BCUT2D eigenvalue weighted by Crippen LogP contribution is 2.26. The van der Waals surface area contributed by atoms with Crippen molar-refractivity contribution in [2.45, 2.75) is 26.7 Å². The molecule has 1 fully saturated rings. The van der Waals surface area contributed by atoms with Gasteiger partial charge in [-0.3, -0.25) is 9.48 Å². The van der Waals surface area contributed by atoms with Gasteiger partial charge in [0.15, 0.2) is 11.5 Å². The van der Waals surface area contributed by atoms with Crippen LogP contribution in [0.3, 0.4) is 0 Å². The molecule has 1 saturated heterocycles. The average molecular weight is 381 g/mol. The van der Waals surface area contributed by atoms with Crippen LogP contribution in [0.5, 0.6) is 0 Å². The number of nitrogens with zero attached hydrogens (tertiary/aromatic N) is 7. The minimum absolute atomic E-state index is 0.00713. The van der Waals surface area contributed by atoms with E-state index in [1.807, 2.05) is 50.9 Å². The summed E-state index contributed by atoms with van der Waals surface area (Å²) in [6, 6.07) is 3.93. The van der Waals surface area contributed by atoms with Gasteiger partial charge in [0.05, 0.1) is 5.69 Å². The second-order valence-corrected chi connectivity index (χ2v) is 7.78. The first kappa shape index (κ1) is 18.5. The van der Waals surface area contributed by atoms with Gasteiger partial charge in [-0.15, -0.1) is 0 Å². The fraction of sp³-hybridized carbons (Fsp3) is 0.500. The largest absolute Gasteiger partial charge is 0.355 e. The van der Waals surface area contributed by atoms with Crippen molar-refractivity contribution in [3.8, 4) is 0 Å². The first-order chi connectivity index (χ1) is 13.4. The number of aryl methyl sites for hydroxylation is 3. The van der Waals surface area contributed by atoms with Crippen molar-refractivity contribution >= 4 is 17.2 Å². The molecule has 4 heterocycles. The van der Waals surface area contributed by atoms with Crippen molar-refractivity contribution in [2.24, 2.45) is 13.0 Å². The third-order valence-electron chi connectivity index (χ3n) is 5.62. The van der Waals surface area contributed by atoms with Gasteiger partial charge in [0.25, 0.3) is 5.91 Å². The number of amides is 1. The number of hydrogen-bond donors (Lipinski definition) is 0. The molecule has 0 saturated carbocycles. The van der Waals surface area contributed by atoms with E-state index in [4.69, 9.17) is 0 Å². The second-order valence-electron chi connectivity index (χ2n) is 7.78. The molecule has 28 heavy (non-hydrogen) atoms.